The van der Waals surface area contributed by atoms with Gasteiger partial charge in [0.15, 0.2) is 0 Å². The van der Waals surface area contributed by atoms with Crippen LogP contribution in [0.15, 0.2) is 23.3 Å². The Morgan fingerprint density at radius 3 is 2.65 bits per heavy atom. The second-order valence-electron chi connectivity index (χ2n) is 5.98. The third-order valence-corrected chi connectivity index (χ3v) is 4.29. The molecule has 0 atom stereocenters. The van der Waals surface area contributed by atoms with Gasteiger partial charge in [0.05, 0.1) is 0 Å². The van der Waals surface area contributed by atoms with Crippen LogP contribution in [0.4, 0.5) is 5.95 Å². The maximum atomic E-state index is 12.6. The first-order chi connectivity index (χ1) is 11.2. The largest absolute Gasteiger partial charge is 0.339 e. The lowest BCUT2D eigenvalue weighted by Gasteiger charge is -2.34. The standard InChI is InChI=1S/C15H18N6O2/c22-12-9-11(18-13(19-12)10-1-2-10)14(23)20-5-7-21(8-6-20)15-16-3-4-17-15/h3-4,9-10H,1-2,5-8H2,(H,16,17)(H,18,19,22). The molecule has 1 saturated heterocycles. The molecule has 3 heterocycles. The van der Waals surface area contributed by atoms with Gasteiger partial charge in [-0.05, 0) is 12.8 Å². The number of piperazine rings is 1. The van der Waals surface area contributed by atoms with E-state index in [0.29, 0.717) is 37.9 Å². The van der Waals surface area contributed by atoms with E-state index in [1.54, 1.807) is 17.3 Å². The van der Waals surface area contributed by atoms with Crippen LogP contribution in [0.2, 0.25) is 0 Å². The average Bonchev–Trinajstić information content (AvgIpc) is 3.28. The molecule has 4 rings (SSSR count). The van der Waals surface area contributed by atoms with Crippen molar-refractivity contribution in [3.63, 3.8) is 0 Å². The Balaban J connectivity index is 1.47. The molecule has 0 bridgehead atoms. The molecule has 8 heteroatoms. The summed E-state index contributed by atoms with van der Waals surface area (Å²) in [6.07, 6.45) is 5.56. The van der Waals surface area contributed by atoms with Crippen molar-refractivity contribution >= 4 is 11.9 Å². The zero-order valence-corrected chi connectivity index (χ0v) is 12.7. The summed E-state index contributed by atoms with van der Waals surface area (Å²) >= 11 is 0. The topological polar surface area (TPSA) is 98.0 Å². The molecule has 2 N–H and O–H groups in total. The Morgan fingerprint density at radius 2 is 2.00 bits per heavy atom. The summed E-state index contributed by atoms with van der Waals surface area (Å²) in [5.74, 6) is 1.61. The SMILES string of the molecule is O=C(c1cc(=O)[nH]c(C2CC2)n1)N1CCN(c2ncc[nH]2)CC1. The van der Waals surface area contributed by atoms with E-state index < -0.39 is 0 Å². The number of hydrogen-bond acceptors (Lipinski definition) is 5. The Bertz CT molecular complexity index is 757. The maximum absolute atomic E-state index is 12.6. The number of nitrogens with one attached hydrogen (secondary N) is 2. The second-order valence-corrected chi connectivity index (χ2v) is 5.98. The fourth-order valence-electron chi connectivity index (χ4n) is 2.85. The minimum absolute atomic E-state index is 0.169. The highest BCUT2D eigenvalue weighted by molar-refractivity contribution is 5.92. The number of amides is 1. The van der Waals surface area contributed by atoms with Gasteiger partial charge in [-0.2, -0.15) is 0 Å². The molecule has 0 radical (unpaired) electrons. The Hall–Kier alpha value is -2.64. The molecule has 1 amide bonds. The van der Waals surface area contributed by atoms with E-state index in [0.717, 1.165) is 18.8 Å². The molecule has 0 aromatic carbocycles. The molecule has 2 aromatic heterocycles. The van der Waals surface area contributed by atoms with E-state index in [2.05, 4.69) is 24.8 Å². The number of aromatic amines is 2. The molecule has 2 aromatic rings. The first-order valence-electron chi connectivity index (χ1n) is 7.85. The quantitative estimate of drug-likeness (QED) is 0.851. The summed E-state index contributed by atoms with van der Waals surface area (Å²) in [6, 6.07) is 1.30. The lowest BCUT2D eigenvalue weighted by atomic mass is 10.2. The lowest BCUT2D eigenvalue weighted by Crippen LogP contribution is -2.49. The number of carbonyl (C=O) groups is 1. The van der Waals surface area contributed by atoms with Gasteiger partial charge in [-0.15, -0.1) is 0 Å². The minimum Gasteiger partial charge on any atom is -0.339 e. The molecule has 1 aliphatic carbocycles. The van der Waals surface area contributed by atoms with E-state index in [1.807, 2.05) is 0 Å². The first-order valence-corrected chi connectivity index (χ1v) is 7.85. The molecule has 2 fully saturated rings. The number of hydrogen-bond donors (Lipinski definition) is 2. The Kier molecular flexibility index (Phi) is 3.36. The van der Waals surface area contributed by atoms with Crippen molar-refractivity contribution in [2.75, 3.05) is 31.1 Å². The van der Waals surface area contributed by atoms with E-state index in [-0.39, 0.29) is 17.2 Å². The number of H-pyrrole nitrogens is 2. The molecule has 0 unspecified atom stereocenters. The average molecular weight is 314 g/mol. The van der Waals surface area contributed by atoms with Gasteiger partial charge in [0, 0.05) is 50.6 Å². The highest BCUT2D eigenvalue weighted by atomic mass is 16.2. The van der Waals surface area contributed by atoms with Crippen molar-refractivity contribution in [1.82, 2.24) is 24.8 Å². The van der Waals surface area contributed by atoms with Gasteiger partial charge in [-0.1, -0.05) is 0 Å². The van der Waals surface area contributed by atoms with Crippen molar-refractivity contribution in [2.45, 2.75) is 18.8 Å². The van der Waals surface area contributed by atoms with Gasteiger partial charge >= 0.3 is 0 Å². The van der Waals surface area contributed by atoms with Gasteiger partial charge in [0.1, 0.15) is 11.5 Å². The number of anilines is 1. The minimum atomic E-state index is -0.250. The zero-order valence-electron chi connectivity index (χ0n) is 12.7. The van der Waals surface area contributed by atoms with E-state index >= 15 is 0 Å². The predicted molar refractivity (Wildman–Crippen MR) is 83.5 cm³/mol. The number of imidazole rings is 1. The molecule has 8 nitrogen and oxygen atoms in total. The first kappa shape index (κ1) is 14.0. The van der Waals surface area contributed by atoms with Crippen molar-refractivity contribution in [3.8, 4) is 0 Å². The fourth-order valence-corrected chi connectivity index (χ4v) is 2.85. The normalized spacial score (nSPS) is 18.3. The van der Waals surface area contributed by atoms with Gasteiger partial charge < -0.3 is 19.8 Å². The number of rotatable bonds is 3. The second kappa shape index (κ2) is 5.53. The third-order valence-electron chi connectivity index (χ3n) is 4.29. The number of aromatic nitrogens is 4. The van der Waals surface area contributed by atoms with Crippen LogP contribution in [0.1, 0.15) is 35.1 Å². The van der Waals surface area contributed by atoms with Crippen LogP contribution in [0.3, 0.4) is 0 Å². The molecule has 23 heavy (non-hydrogen) atoms. The maximum Gasteiger partial charge on any atom is 0.272 e. The van der Waals surface area contributed by atoms with Crippen LogP contribution in [0.25, 0.3) is 0 Å². The summed E-state index contributed by atoms with van der Waals surface area (Å²) in [5, 5.41) is 0. The van der Waals surface area contributed by atoms with Crippen molar-refractivity contribution in [1.29, 1.82) is 0 Å². The van der Waals surface area contributed by atoms with Crippen molar-refractivity contribution in [3.05, 3.63) is 40.3 Å². The summed E-state index contributed by atoms with van der Waals surface area (Å²) in [6.45, 7) is 2.59. The Labute approximate surface area is 132 Å². The van der Waals surface area contributed by atoms with Gasteiger partial charge in [0.25, 0.3) is 11.5 Å². The van der Waals surface area contributed by atoms with Crippen molar-refractivity contribution in [2.24, 2.45) is 0 Å². The van der Waals surface area contributed by atoms with Crippen LogP contribution in [0, 0.1) is 0 Å². The molecule has 1 saturated carbocycles. The monoisotopic (exact) mass is 314 g/mol. The Morgan fingerprint density at radius 1 is 1.22 bits per heavy atom. The van der Waals surface area contributed by atoms with Gasteiger partial charge in [0.2, 0.25) is 5.95 Å². The highest BCUT2D eigenvalue weighted by Gasteiger charge is 2.29. The summed E-state index contributed by atoms with van der Waals surface area (Å²) in [7, 11) is 0. The summed E-state index contributed by atoms with van der Waals surface area (Å²) in [5.41, 5.74) is 0.00145. The van der Waals surface area contributed by atoms with Crippen LogP contribution >= 0.6 is 0 Å². The van der Waals surface area contributed by atoms with E-state index in [9.17, 15) is 9.59 Å². The predicted octanol–water partition coefficient (Wildman–Crippen LogP) is 0.333. The zero-order chi connectivity index (χ0) is 15.8. The van der Waals surface area contributed by atoms with Crippen LogP contribution in [0.5, 0.6) is 0 Å². The van der Waals surface area contributed by atoms with Gasteiger partial charge in [-0.3, -0.25) is 9.59 Å². The molecule has 1 aliphatic heterocycles. The van der Waals surface area contributed by atoms with Crippen LogP contribution in [-0.2, 0) is 0 Å². The van der Waals surface area contributed by atoms with Gasteiger partial charge in [-0.25, -0.2) is 9.97 Å². The summed E-state index contributed by atoms with van der Waals surface area (Å²) < 4.78 is 0. The molecular weight excluding hydrogens is 296 g/mol. The number of nitrogens with zero attached hydrogens (tertiary/aromatic N) is 4. The third kappa shape index (κ3) is 2.84. The molecular formula is C15H18N6O2. The van der Waals surface area contributed by atoms with E-state index in [4.69, 9.17) is 0 Å². The van der Waals surface area contributed by atoms with Crippen LogP contribution < -0.4 is 10.5 Å². The molecule has 0 spiro atoms. The lowest BCUT2D eigenvalue weighted by molar-refractivity contribution is 0.0739. The smallest absolute Gasteiger partial charge is 0.272 e. The molecule has 2 aliphatic rings. The highest BCUT2D eigenvalue weighted by Crippen LogP contribution is 2.37. The summed E-state index contributed by atoms with van der Waals surface area (Å²) in [4.78, 5) is 42.6. The van der Waals surface area contributed by atoms with E-state index in [1.165, 1.54) is 6.07 Å². The fraction of sp³-hybridized carbons (Fsp3) is 0.467. The molecule has 120 valence electrons. The number of carbonyl (C=O) groups excluding carboxylic acids is 1. The van der Waals surface area contributed by atoms with Crippen LogP contribution in [-0.4, -0.2) is 56.9 Å². The van der Waals surface area contributed by atoms with Crippen molar-refractivity contribution < 1.29 is 4.79 Å².